The van der Waals surface area contributed by atoms with E-state index in [4.69, 9.17) is 0 Å². The molecule has 0 saturated heterocycles. The fourth-order valence-corrected chi connectivity index (χ4v) is 3.25. The number of pyridine rings is 1. The number of hydrogen-bond donors (Lipinski definition) is 0. The molecule has 0 aliphatic rings. The van der Waals surface area contributed by atoms with Gasteiger partial charge < -0.3 is 4.57 Å². The Morgan fingerprint density at radius 1 is 0.800 bits per heavy atom. The molecule has 0 aliphatic heterocycles. The van der Waals surface area contributed by atoms with E-state index in [9.17, 15) is 4.79 Å². The van der Waals surface area contributed by atoms with E-state index in [1.165, 1.54) is 5.56 Å². The average molecular weight is 325 g/mol. The summed E-state index contributed by atoms with van der Waals surface area (Å²) in [6.07, 6.45) is 1.00. The maximum absolute atomic E-state index is 12.7. The van der Waals surface area contributed by atoms with E-state index in [1.54, 1.807) is 6.07 Å². The van der Waals surface area contributed by atoms with Crippen molar-refractivity contribution in [1.29, 1.82) is 0 Å². The third kappa shape index (κ3) is 2.76. The van der Waals surface area contributed by atoms with Crippen molar-refractivity contribution >= 4 is 10.9 Å². The molecule has 0 aliphatic carbocycles. The third-order valence-corrected chi connectivity index (χ3v) is 4.59. The van der Waals surface area contributed by atoms with Gasteiger partial charge in [0.25, 0.3) is 0 Å². The summed E-state index contributed by atoms with van der Waals surface area (Å²) in [5.74, 6) is 0. The topological polar surface area (TPSA) is 22.0 Å². The smallest absolute Gasteiger partial charge is 0.190 e. The van der Waals surface area contributed by atoms with Crippen LogP contribution in [0, 0.1) is 0 Å². The minimum absolute atomic E-state index is 0.0531. The Morgan fingerprint density at radius 2 is 1.48 bits per heavy atom. The first-order valence-corrected chi connectivity index (χ1v) is 8.57. The molecule has 0 atom stereocenters. The Hall–Kier alpha value is -3.13. The highest BCUT2D eigenvalue weighted by atomic mass is 16.1. The van der Waals surface area contributed by atoms with E-state index in [0.717, 1.165) is 34.3 Å². The molecule has 0 bridgehead atoms. The Labute approximate surface area is 147 Å². The summed E-state index contributed by atoms with van der Waals surface area (Å²) in [6.45, 7) is 2.14. The summed E-state index contributed by atoms with van der Waals surface area (Å²) < 4.78 is 2.16. The van der Waals surface area contributed by atoms with Crippen molar-refractivity contribution in [3.63, 3.8) is 0 Å². The van der Waals surface area contributed by atoms with E-state index in [1.807, 2.05) is 42.5 Å². The molecular weight excluding hydrogens is 306 g/mol. The molecule has 4 aromatic rings. The number of hydrogen-bond acceptors (Lipinski definition) is 1. The molecule has 0 saturated carbocycles. The third-order valence-electron chi connectivity index (χ3n) is 4.59. The number of rotatable bonds is 3. The second-order valence-corrected chi connectivity index (χ2v) is 6.13. The van der Waals surface area contributed by atoms with Gasteiger partial charge >= 0.3 is 0 Å². The van der Waals surface area contributed by atoms with Crippen LogP contribution in [-0.2, 0) is 6.42 Å². The van der Waals surface area contributed by atoms with Crippen LogP contribution in [0.3, 0.4) is 0 Å². The fraction of sp³-hybridized carbons (Fsp3) is 0.0870. The lowest BCUT2D eigenvalue weighted by molar-refractivity contribution is 1.10. The molecule has 25 heavy (non-hydrogen) atoms. The van der Waals surface area contributed by atoms with Crippen LogP contribution in [0.15, 0.2) is 89.7 Å². The number of nitrogens with zero attached hydrogens (tertiary/aromatic N) is 1. The van der Waals surface area contributed by atoms with Gasteiger partial charge in [-0.05, 0) is 41.8 Å². The molecule has 0 amide bonds. The van der Waals surface area contributed by atoms with Gasteiger partial charge in [0, 0.05) is 17.1 Å². The molecule has 0 unspecified atom stereocenters. The molecule has 2 nitrogen and oxygen atoms in total. The van der Waals surface area contributed by atoms with Crippen LogP contribution in [0.5, 0.6) is 0 Å². The van der Waals surface area contributed by atoms with Crippen molar-refractivity contribution < 1.29 is 0 Å². The van der Waals surface area contributed by atoms with E-state index in [-0.39, 0.29) is 5.43 Å². The summed E-state index contributed by atoms with van der Waals surface area (Å²) >= 11 is 0. The van der Waals surface area contributed by atoms with Gasteiger partial charge in [0.15, 0.2) is 5.43 Å². The van der Waals surface area contributed by atoms with Gasteiger partial charge in [-0.1, -0.05) is 61.5 Å². The summed E-state index contributed by atoms with van der Waals surface area (Å²) in [7, 11) is 0. The zero-order valence-electron chi connectivity index (χ0n) is 14.1. The lowest BCUT2D eigenvalue weighted by Gasteiger charge is -2.17. The fourth-order valence-electron chi connectivity index (χ4n) is 3.25. The van der Waals surface area contributed by atoms with Gasteiger partial charge in [-0.3, -0.25) is 4.79 Å². The van der Waals surface area contributed by atoms with Crippen molar-refractivity contribution in [2.75, 3.05) is 0 Å². The van der Waals surface area contributed by atoms with Gasteiger partial charge in [-0.25, -0.2) is 0 Å². The average Bonchev–Trinajstić information content (AvgIpc) is 2.69. The van der Waals surface area contributed by atoms with Crippen molar-refractivity contribution in [2.24, 2.45) is 0 Å². The predicted octanol–water partition coefficient (Wildman–Crippen LogP) is 5.22. The number of aromatic nitrogens is 1. The molecule has 1 heterocycles. The lowest BCUT2D eigenvalue weighted by Crippen LogP contribution is -2.10. The molecular formula is C23H19NO. The lowest BCUT2D eigenvalue weighted by atomic mass is 10.0. The molecule has 4 rings (SSSR count). The van der Waals surface area contributed by atoms with Gasteiger partial charge in [0.05, 0.1) is 11.2 Å². The quantitative estimate of drug-likeness (QED) is 0.506. The van der Waals surface area contributed by atoms with Crippen molar-refractivity contribution in [3.8, 4) is 16.9 Å². The minimum Gasteiger partial charge on any atom is -0.309 e. The van der Waals surface area contributed by atoms with Crippen LogP contribution in [0.2, 0.25) is 0 Å². The molecule has 3 aromatic carbocycles. The van der Waals surface area contributed by atoms with Crippen molar-refractivity contribution in [3.05, 3.63) is 101 Å². The highest BCUT2D eigenvalue weighted by Gasteiger charge is 2.12. The number of fused-ring (bicyclic) bond motifs is 1. The second-order valence-electron chi connectivity index (χ2n) is 6.13. The SMILES string of the molecule is CCc1ccc(-c2cc(=O)c3ccccc3n2-c2ccccc2)cc1. The Morgan fingerprint density at radius 3 is 2.20 bits per heavy atom. The molecule has 0 spiro atoms. The first-order chi connectivity index (χ1) is 12.3. The Kier molecular flexibility index (Phi) is 3.95. The molecule has 1 aromatic heterocycles. The zero-order chi connectivity index (χ0) is 17.2. The molecule has 122 valence electrons. The maximum Gasteiger partial charge on any atom is 0.190 e. The summed E-state index contributed by atoms with van der Waals surface area (Å²) in [5, 5.41) is 0.736. The van der Waals surface area contributed by atoms with Crippen molar-refractivity contribution in [2.45, 2.75) is 13.3 Å². The summed E-state index contributed by atoms with van der Waals surface area (Å²) in [5.41, 5.74) is 5.28. The first kappa shape index (κ1) is 15.4. The molecule has 0 fully saturated rings. The Bertz CT molecular complexity index is 1080. The largest absolute Gasteiger partial charge is 0.309 e. The zero-order valence-corrected chi connectivity index (χ0v) is 14.1. The maximum atomic E-state index is 12.7. The van der Waals surface area contributed by atoms with Crippen LogP contribution in [-0.4, -0.2) is 4.57 Å². The standard InChI is InChI=1S/C23H19NO/c1-2-17-12-14-18(15-13-17)22-16-23(25)20-10-6-7-11-21(20)24(22)19-8-4-3-5-9-19/h3-16H,2H2,1H3. The van der Waals surface area contributed by atoms with Crippen LogP contribution < -0.4 is 5.43 Å². The molecule has 0 N–H and O–H groups in total. The first-order valence-electron chi connectivity index (χ1n) is 8.57. The van der Waals surface area contributed by atoms with E-state index >= 15 is 0 Å². The summed E-state index contributed by atoms with van der Waals surface area (Å²) in [6, 6.07) is 28.2. The van der Waals surface area contributed by atoms with Gasteiger partial charge in [0.2, 0.25) is 0 Å². The van der Waals surface area contributed by atoms with Crippen LogP contribution in [0.1, 0.15) is 12.5 Å². The van der Waals surface area contributed by atoms with Gasteiger partial charge in [-0.2, -0.15) is 0 Å². The second kappa shape index (κ2) is 6.40. The van der Waals surface area contributed by atoms with Crippen LogP contribution in [0.4, 0.5) is 0 Å². The normalized spacial score (nSPS) is 10.9. The van der Waals surface area contributed by atoms with Crippen molar-refractivity contribution in [1.82, 2.24) is 4.57 Å². The van der Waals surface area contributed by atoms with E-state index in [2.05, 4.69) is 47.9 Å². The van der Waals surface area contributed by atoms with E-state index < -0.39 is 0 Å². The molecule has 0 radical (unpaired) electrons. The monoisotopic (exact) mass is 325 g/mol. The van der Waals surface area contributed by atoms with Crippen LogP contribution >= 0.6 is 0 Å². The molecule has 2 heteroatoms. The summed E-state index contributed by atoms with van der Waals surface area (Å²) in [4.78, 5) is 12.7. The Balaban J connectivity index is 2.07. The highest BCUT2D eigenvalue weighted by Crippen LogP contribution is 2.27. The van der Waals surface area contributed by atoms with E-state index in [0.29, 0.717) is 0 Å². The predicted molar refractivity (Wildman–Crippen MR) is 104 cm³/mol. The van der Waals surface area contributed by atoms with Gasteiger partial charge in [-0.15, -0.1) is 0 Å². The number of para-hydroxylation sites is 2. The highest BCUT2D eigenvalue weighted by molar-refractivity contribution is 5.84. The number of benzene rings is 3. The number of aryl methyl sites for hydroxylation is 1. The minimum atomic E-state index is 0.0531. The van der Waals surface area contributed by atoms with Crippen LogP contribution in [0.25, 0.3) is 27.8 Å². The van der Waals surface area contributed by atoms with Gasteiger partial charge in [0.1, 0.15) is 0 Å².